The molecule has 14 heavy (non-hydrogen) atoms. The molecule has 1 aromatic rings. The summed E-state index contributed by atoms with van der Waals surface area (Å²) in [6, 6.07) is 4.79. The van der Waals surface area contributed by atoms with Gasteiger partial charge in [0, 0.05) is 10.0 Å². The van der Waals surface area contributed by atoms with Gasteiger partial charge in [-0.25, -0.2) is 0 Å². The number of halogens is 1. The molecule has 5 heteroatoms. The van der Waals surface area contributed by atoms with Crippen LogP contribution in [0.3, 0.4) is 0 Å². The standard InChI is InChI=1S/C9H7BrN2O2/c10-6-2-9-8(13-4-14-9)1-5(6)7(12)3-11/h1-2,7H,4,12H2. The van der Waals surface area contributed by atoms with Crippen molar-refractivity contribution in [2.45, 2.75) is 6.04 Å². The van der Waals surface area contributed by atoms with E-state index in [0.717, 1.165) is 4.47 Å². The highest BCUT2D eigenvalue weighted by atomic mass is 79.9. The summed E-state index contributed by atoms with van der Waals surface area (Å²) in [6.45, 7) is 0.215. The lowest BCUT2D eigenvalue weighted by Gasteiger charge is -2.07. The molecule has 1 aliphatic rings. The van der Waals surface area contributed by atoms with Gasteiger partial charge in [-0.1, -0.05) is 15.9 Å². The maximum atomic E-state index is 8.69. The molecular formula is C9H7BrN2O2. The molecule has 4 nitrogen and oxygen atoms in total. The van der Waals surface area contributed by atoms with E-state index in [1.807, 2.05) is 6.07 Å². The molecule has 0 aliphatic carbocycles. The second kappa shape index (κ2) is 3.48. The van der Waals surface area contributed by atoms with Crippen LogP contribution in [0.4, 0.5) is 0 Å². The number of rotatable bonds is 1. The summed E-state index contributed by atoms with van der Waals surface area (Å²) in [4.78, 5) is 0. The topological polar surface area (TPSA) is 68.3 Å². The van der Waals surface area contributed by atoms with Crippen LogP contribution >= 0.6 is 15.9 Å². The first-order valence-corrected chi connectivity index (χ1v) is 4.76. The summed E-state index contributed by atoms with van der Waals surface area (Å²) < 4.78 is 11.1. The summed E-state index contributed by atoms with van der Waals surface area (Å²) in [5.74, 6) is 1.31. The summed E-state index contributed by atoms with van der Waals surface area (Å²) in [6.07, 6.45) is 0. The van der Waals surface area contributed by atoms with Gasteiger partial charge in [-0.05, 0) is 12.1 Å². The number of hydrogen-bond donors (Lipinski definition) is 1. The van der Waals surface area contributed by atoms with Crippen molar-refractivity contribution in [3.63, 3.8) is 0 Å². The van der Waals surface area contributed by atoms with Crippen LogP contribution < -0.4 is 15.2 Å². The largest absolute Gasteiger partial charge is 0.454 e. The van der Waals surface area contributed by atoms with E-state index in [1.54, 1.807) is 12.1 Å². The molecule has 0 radical (unpaired) electrons. The third kappa shape index (κ3) is 1.43. The molecule has 1 aromatic carbocycles. The van der Waals surface area contributed by atoms with Gasteiger partial charge in [-0.3, -0.25) is 0 Å². The molecule has 0 aromatic heterocycles. The van der Waals surface area contributed by atoms with Gasteiger partial charge in [0.2, 0.25) is 6.79 Å². The van der Waals surface area contributed by atoms with E-state index in [2.05, 4.69) is 15.9 Å². The van der Waals surface area contributed by atoms with Crippen molar-refractivity contribution in [3.8, 4) is 17.6 Å². The highest BCUT2D eigenvalue weighted by molar-refractivity contribution is 9.10. The minimum Gasteiger partial charge on any atom is -0.454 e. The molecule has 0 spiro atoms. The number of nitrogens with two attached hydrogens (primary N) is 1. The quantitative estimate of drug-likeness (QED) is 0.829. The number of hydrogen-bond acceptors (Lipinski definition) is 4. The Balaban J connectivity index is 2.48. The third-order valence-corrected chi connectivity index (χ3v) is 2.65. The highest BCUT2D eigenvalue weighted by Gasteiger charge is 2.18. The fourth-order valence-electron chi connectivity index (χ4n) is 1.24. The van der Waals surface area contributed by atoms with Crippen molar-refractivity contribution in [2.75, 3.05) is 6.79 Å². The summed E-state index contributed by atoms with van der Waals surface area (Å²) >= 11 is 3.32. The van der Waals surface area contributed by atoms with Crippen LogP contribution in [0.15, 0.2) is 16.6 Å². The zero-order chi connectivity index (χ0) is 10.1. The molecule has 2 N–H and O–H groups in total. The first-order valence-electron chi connectivity index (χ1n) is 3.96. The van der Waals surface area contributed by atoms with Crippen molar-refractivity contribution in [1.29, 1.82) is 5.26 Å². The van der Waals surface area contributed by atoms with E-state index in [9.17, 15) is 0 Å². The van der Waals surface area contributed by atoms with Gasteiger partial charge < -0.3 is 15.2 Å². The Morgan fingerprint density at radius 1 is 1.43 bits per heavy atom. The average Bonchev–Trinajstić information content (AvgIpc) is 2.62. The zero-order valence-electron chi connectivity index (χ0n) is 7.16. The van der Waals surface area contributed by atoms with Crippen LogP contribution in [0.5, 0.6) is 11.5 Å². The second-order valence-electron chi connectivity index (χ2n) is 2.83. The van der Waals surface area contributed by atoms with Crippen LogP contribution in [0.2, 0.25) is 0 Å². The summed E-state index contributed by atoms with van der Waals surface area (Å²) in [5.41, 5.74) is 6.31. The smallest absolute Gasteiger partial charge is 0.231 e. The Labute approximate surface area is 89.3 Å². The molecule has 0 fully saturated rings. The molecular weight excluding hydrogens is 248 g/mol. The van der Waals surface area contributed by atoms with Gasteiger partial charge in [-0.15, -0.1) is 0 Å². The van der Waals surface area contributed by atoms with Gasteiger partial charge in [-0.2, -0.15) is 5.26 Å². The predicted octanol–water partition coefficient (Wildman–Crippen LogP) is 1.70. The molecule has 1 heterocycles. The summed E-state index contributed by atoms with van der Waals surface area (Å²) in [7, 11) is 0. The molecule has 2 rings (SSSR count). The van der Waals surface area contributed by atoms with E-state index in [4.69, 9.17) is 20.5 Å². The van der Waals surface area contributed by atoms with Crippen molar-refractivity contribution >= 4 is 15.9 Å². The fourth-order valence-corrected chi connectivity index (χ4v) is 1.81. The van der Waals surface area contributed by atoms with E-state index in [1.165, 1.54) is 0 Å². The van der Waals surface area contributed by atoms with Gasteiger partial charge in [0.25, 0.3) is 0 Å². The number of ether oxygens (including phenoxy) is 2. The Morgan fingerprint density at radius 2 is 2.07 bits per heavy atom. The van der Waals surface area contributed by atoms with Gasteiger partial charge in [0.15, 0.2) is 11.5 Å². The molecule has 1 atom stereocenters. The minimum absolute atomic E-state index is 0.215. The number of benzene rings is 1. The number of nitrogens with zero attached hydrogens (tertiary/aromatic N) is 1. The lowest BCUT2D eigenvalue weighted by atomic mass is 10.1. The SMILES string of the molecule is N#CC(N)c1cc2c(cc1Br)OCO2. The Morgan fingerprint density at radius 3 is 2.71 bits per heavy atom. The second-order valence-corrected chi connectivity index (χ2v) is 3.69. The maximum absolute atomic E-state index is 8.69. The monoisotopic (exact) mass is 254 g/mol. The lowest BCUT2D eigenvalue weighted by Crippen LogP contribution is -2.07. The van der Waals surface area contributed by atoms with Crippen LogP contribution in [0, 0.1) is 11.3 Å². The summed E-state index contributed by atoms with van der Waals surface area (Å²) in [5, 5.41) is 8.69. The van der Waals surface area contributed by atoms with Gasteiger partial charge in [0.05, 0.1) is 6.07 Å². The van der Waals surface area contributed by atoms with Crippen LogP contribution in [-0.2, 0) is 0 Å². The molecule has 1 unspecified atom stereocenters. The lowest BCUT2D eigenvalue weighted by molar-refractivity contribution is 0.174. The van der Waals surface area contributed by atoms with E-state index in [0.29, 0.717) is 17.1 Å². The van der Waals surface area contributed by atoms with Crippen molar-refractivity contribution in [2.24, 2.45) is 5.73 Å². The average molecular weight is 255 g/mol. The molecule has 1 aliphatic heterocycles. The van der Waals surface area contributed by atoms with Crippen molar-refractivity contribution in [1.82, 2.24) is 0 Å². The highest BCUT2D eigenvalue weighted by Crippen LogP contribution is 2.38. The van der Waals surface area contributed by atoms with E-state index in [-0.39, 0.29) is 6.79 Å². The first-order chi connectivity index (χ1) is 6.72. The van der Waals surface area contributed by atoms with Crippen LogP contribution in [0.1, 0.15) is 11.6 Å². The van der Waals surface area contributed by atoms with Crippen LogP contribution in [0.25, 0.3) is 0 Å². The molecule has 72 valence electrons. The van der Waals surface area contributed by atoms with Crippen molar-refractivity contribution < 1.29 is 9.47 Å². The van der Waals surface area contributed by atoms with E-state index < -0.39 is 6.04 Å². The molecule has 0 amide bonds. The number of nitriles is 1. The molecule has 0 saturated carbocycles. The van der Waals surface area contributed by atoms with Crippen molar-refractivity contribution in [3.05, 3.63) is 22.2 Å². The van der Waals surface area contributed by atoms with E-state index >= 15 is 0 Å². The fraction of sp³-hybridized carbons (Fsp3) is 0.222. The zero-order valence-corrected chi connectivity index (χ0v) is 8.74. The van der Waals surface area contributed by atoms with Gasteiger partial charge >= 0.3 is 0 Å². The maximum Gasteiger partial charge on any atom is 0.231 e. The number of fused-ring (bicyclic) bond motifs is 1. The third-order valence-electron chi connectivity index (χ3n) is 1.97. The minimum atomic E-state index is -0.654. The van der Waals surface area contributed by atoms with Crippen LogP contribution in [-0.4, -0.2) is 6.79 Å². The predicted molar refractivity (Wildman–Crippen MR) is 52.8 cm³/mol. The first kappa shape index (κ1) is 9.31. The normalized spacial score (nSPS) is 14.9. The van der Waals surface area contributed by atoms with Gasteiger partial charge in [0.1, 0.15) is 6.04 Å². The molecule has 0 bridgehead atoms. The molecule has 0 saturated heterocycles. The Bertz CT molecular complexity index is 414. The Kier molecular flexibility index (Phi) is 2.32. The Hall–Kier alpha value is -1.25.